The van der Waals surface area contributed by atoms with Crippen molar-refractivity contribution in [1.29, 1.82) is 0 Å². The van der Waals surface area contributed by atoms with Gasteiger partial charge in [0.25, 0.3) is 0 Å². The highest BCUT2D eigenvalue weighted by Gasteiger charge is 2.11. The van der Waals surface area contributed by atoms with Crippen molar-refractivity contribution in [2.24, 2.45) is 0 Å². The van der Waals surface area contributed by atoms with E-state index in [9.17, 15) is 5.11 Å². The van der Waals surface area contributed by atoms with Crippen molar-refractivity contribution in [3.63, 3.8) is 0 Å². The fourth-order valence-corrected chi connectivity index (χ4v) is 2.60. The van der Waals surface area contributed by atoms with Gasteiger partial charge < -0.3 is 14.8 Å². The monoisotopic (exact) mass is 296 g/mol. The lowest BCUT2D eigenvalue weighted by molar-refractivity contribution is 0.224. The van der Waals surface area contributed by atoms with Crippen LogP contribution >= 0.6 is 0 Å². The third-order valence-corrected chi connectivity index (χ3v) is 3.69. The molecule has 2 aromatic rings. The van der Waals surface area contributed by atoms with E-state index >= 15 is 0 Å². The molecule has 1 aliphatic carbocycles. The van der Waals surface area contributed by atoms with Gasteiger partial charge in [-0.3, -0.25) is 0 Å². The largest absolute Gasteiger partial charge is 0.494 e. The van der Waals surface area contributed by atoms with Gasteiger partial charge in [0.1, 0.15) is 11.6 Å². The lowest BCUT2D eigenvalue weighted by Crippen LogP contribution is -1.99. The summed E-state index contributed by atoms with van der Waals surface area (Å²) in [6.45, 7) is 2.53. The van der Waals surface area contributed by atoms with E-state index in [1.807, 2.05) is 43.3 Å². The van der Waals surface area contributed by atoms with E-state index < -0.39 is 0 Å². The maximum absolute atomic E-state index is 9.45. The maximum Gasteiger partial charge on any atom is 0.121 e. The average molecular weight is 296 g/mol. The number of rotatable bonds is 5. The predicted molar refractivity (Wildman–Crippen MR) is 87.4 cm³/mol. The molecule has 4 nitrogen and oxygen atoms in total. The van der Waals surface area contributed by atoms with E-state index in [0.717, 1.165) is 41.0 Å². The Hall–Kier alpha value is -2.33. The molecule has 0 amide bonds. The molecule has 0 atom stereocenters. The topological polar surface area (TPSA) is 58.1 Å². The second-order valence-corrected chi connectivity index (χ2v) is 5.26. The van der Waals surface area contributed by atoms with Crippen LogP contribution in [0.25, 0.3) is 11.0 Å². The molecule has 0 fully saturated rings. The smallest absolute Gasteiger partial charge is 0.121 e. The molecule has 2 N–H and O–H groups in total. The van der Waals surface area contributed by atoms with Crippen molar-refractivity contribution in [1.82, 2.24) is 9.97 Å². The number of imidazole rings is 1. The summed E-state index contributed by atoms with van der Waals surface area (Å²) in [6, 6.07) is 8.03. The van der Waals surface area contributed by atoms with Crippen molar-refractivity contribution in [3.05, 3.63) is 65.2 Å². The van der Waals surface area contributed by atoms with Crippen molar-refractivity contribution in [2.45, 2.75) is 19.8 Å². The van der Waals surface area contributed by atoms with Crippen molar-refractivity contribution in [3.8, 4) is 0 Å². The Bertz CT molecular complexity index is 720. The number of nitrogens with one attached hydrogen (secondary N) is 1. The van der Waals surface area contributed by atoms with Gasteiger partial charge in [0, 0.05) is 12.0 Å². The minimum Gasteiger partial charge on any atom is -0.494 e. The molecule has 0 spiro atoms. The Morgan fingerprint density at radius 2 is 2.14 bits per heavy atom. The number of fused-ring (bicyclic) bond motifs is 1. The molecule has 4 heteroatoms. The summed E-state index contributed by atoms with van der Waals surface area (Å²) in [5.74, 6) is 1.74. The summed E-state index contributed by atoms with van der Waals surface area (Å²) in [5.41, 5.74) is 4.11. The number of aromatic nitrogens is 2. The number of allylic oxidation sites excluding steroid dienone is 4. The van der Waals surface area contributed by atoms with Crippen LogP contribution in [0, 0.1) is 0 Å². The molecule has 3 rings (SSSR count). The van der Waals surface area contributed by atoms with Gasteiger partial charge in [0.2, 0.25) is 0 Å². The summed E-state index contributed by atoms with van der Waals surface area (Å²) in [5, 5.41) is 9.45. The fraction of sp³-hybridized carbons (Fsp3) is 0.278. The number of H-pyrrole nitrogens is 1. The third-order valence-electron chi connectivity index (χ3n) is 3.69. The van der Waals surface area contributed by atoms with Crippen LogP contribution in [-0.4, -0.2) is 28.3 Å². The van der Waals surface area contributed by atoms with Crippen LogP contribution in [0.2, 0.25) is 0 Å². The number of hydrogen-bond acceptors (Lipinski definition) is 3. The number of hydrogen-bond donors (Lipinski definition) is 2. The van der Waals surface area contributed by atoms with Gasteiger partial charge in [-0.2, -0.15) is 0 Å². The number of aromatic amines is 1. The molecule has 0 aliphatic heterocycles. The number of benzene rings is 1. The zero-order valence-electron chi connectivity index (χ0n) is 12.7. The van der Waals surface area contributed by atoms with E-state index in [0.29, 0.717) is 6.61 Å². The van der Waals surface area contributed by atoms with Crippen LogP contribution in [0.3, 0.4) is 0 Å². The third kappa shape index (κ3) is 3.12. The lowest BCUT2D eigenvalue weighted by Gasteiger charge is -2.09. The number of aliphatic hydroxyl groups is 1. The highest BCUT2D eigenvalue weighted by atomic mass is 16.5. The molecule has 1 aromatic carbocycles. The molecule has 0 unspecified atom stereocenters. The molecule has 0 saturated heterocycles. The number of nitrogens with zero attached hydrogens (tertiary/aromatic N) is 1. The zero-order chi connectivity index (χ0) is 15.4. The van der Waals surface area contributed by atoms with E-state index in [4.69, 9.17) is 4.74 Å². The predicted octanol–water partition coefficient (Wildman–Crippen LogP) is 3.27. The van der Waals surface area contributed by atoms with E-state index in [2.05, 4.69) is 16.0 Å². The minimum atomic E-state index is -0.0136. The number of aliphatic hydroxyl groups excluding tert-OH is 1. The van der Waals surface area contributed by atoms with E-state index in [-0.39, 0.29) is 6.61 Å². The average Bonchev–Trinajstić information content (AvgIpc) is 2.84. The maximum atomic E-state index is 9.45. The Kier molecular flexibility index (Phi) is 4.39. The number of para-hydroxylation sites is 2. The molecule has 0 bridgehead atoms. The minimum absolute atomic E-state index is 0.0136. The number of ether oxygens (including phenoxy) is 1. The van der Waals surface area contributed by atoms with E-state index in [1.54, 1.807) is 0 Å². The van der Waals surface area contributed by atoms with Crippen LogP contribution in [0.5, 0.6) is 0 Å². The Labute approximate surface area is 129 Å². The molecular weight excluding hydrogens is 276 g/mol. The van der Waals surface area contributed by atoms with Gasteiger partial charge in [-0.1, -0.05) is 29.9 Å². The molecule has 0 saturated carbocycles. The highest BCUT2D eigenvalue weighted by molar-refractivity contribution is 5.74. The van der Waals surface area contributed by atoms with Crippen LogP contribution in [0.15, 0.2) is 59.4 Å². The molecule has 22 heavy (non-hydrogen) atoms. The van der Waals surface area contributed by atoms with Crippen molar-refractivity contribution >= 4 is 11.0 Å². The standard InChI is InChI=1S/C18H20N2O2/c1-2-22-17-10-8-13(7-9-14(17)12-21)11-18-19-15-5-3-4-6-16(15)20-18/h3-7,9-10,21H,2,8,11-12H2,1H3,(H,19,20). The van der Waals surface area contributed by atoms with Gasteiger partial charge in [-0.15, -0.1) is 0 Å². The summed E-state index contributed by atoms with van der Waals surface area (Å²) in [6.07, 6.45) is 7.59. The van der Waals surface area contributed by atoms with Gasteiger partial charge in [0.05, 0.1) is 24.2 Å². The Balaban J connectivity index is 1.80. The van der Waals surface area contributed by atoms with Crippen LogP contribution in [0.1, 0.15) is 19.2 Å². The molecular formula is C18H20N2O2. The molecule has 1 aliphatic rings. The first-order valence-corrected chi connectivity index (χ1v) is 7.56. The SMILES string of the molecule is CCOC1=CCC(Cc2nc3ccccc3[nH]2)=CC=C1CO. The normalized spacial score (nSPS) is 15.1. The lowest BCUT2D eigenvalue weighted by atomic mass is 10.1. The summed E-state index contributed by atoms with van der Waals surface area (Å²) < 4.78 is 5.59. The summed E-state index contributed by atoms with van der Waals surface area (Å²) >= 11 is 0. The van der Waals surface area contributed by atoms with Gasteiger partial charge in [-0.25, -0.2) is 4.98 Å². The second kappa shape index (κ2) is 6.62. The van der Waals surface area contributed by atoms with Gasteiger partial charge >= 0.3 is 0 Å². The summed E-state index contributed by atoms with van der Waals surface area (Å²) in [7, 11) is 0. The van der Waals surface area contributed by atoms with Crippen LogP contribution in [0.4, 0.5) is 0 Å². The summed E-state index contributed by atoms with van der Waals surface area (Å²) in [4.78, 5) is 7.96. The molecule has 1 heterocycles. The van der Waals surface area contributed by atoms with Crippen molar-refractivity contribution in [2.75, 3.05) is 13.2 Å². The first-order valence-electron chi connectivity index (χ1n) is 7.56. The zero-order valence-corrected chi connectivity index (χ0v) is 12.7. The highest BCUT2D eigenvalue weighted by Crippen LogP contribution is 2.22. The van der Waals surface area contributed by atoms with Gasteiger partial charge in [0.15, 0.2) is 0 Å². The Morgan fingerprint density at radius 3 is 2.91 bits per heavy atom. The molecule has 0 radical (unpaired) electrons. The first kappa shape index (κ1) is 14.6. The molecule has 114 valence electrons. The second-order valence-electron chi connectivity index (χ2n) is 5.26. The first-order chi connectivity index (χ1) is 10.8. The fourth-order valence-electron chi connectivity index (χ4n) is 2.60. The quantitative estimate of drug-likeness (QED) is 0.890. The Morgan fingerprint density at radius 1 is 1.27 bits per heavy atom. The van der Waals surface area contributed by atoms with Crippen molar-refractivity contribution < 1.29 is 9.84 Å². The molecule has 1 aromatic heterocycles. The van der Waals surface area contributed by atoms with Crippen LogP contribution in [-0.2, 0) is 11.2 Å². The van der Waals surface area contributed by atoms with Gasteiger partial charge in [-0.05, 0) is 31.6 Å². The van der Waals surface area contributed by atoms with Crippen LogP contribution < -0.4 is 0 Å². The van der Waals surface area contributed by atoms with E-state index in [1.165, 1.54) is 5.57 Å².